The summed E-state index contributed by atoms with van der Waals surface area (Å²) < 4.78 is 0. The van der Waals surface area contributed by atoms with Crippen molar-refractivity contribution in [2.45, 2.75) is 19.9 Å². The molecule has 98 valence electrons. The Morgan fingerprint density at radius 1 is 1.29 bits per heavy atom. The van der Waals surface area contributed by atoms with Crippen molar-refractivity contribution in [3.8, 4) is 0 Å². The van der Waals surface area contributed by atoms with E-state index >= 15 is 0 Å². The van der Waals surface area contributed by atoms with Gasteiger partial charge in [0, 0.05) is 20.6 Å². The summed E-state index contributed by atoms with van der Waals surface area (Å²) in [5, 5.41) is 10.9. The number of rotatable bonds is 5. The lowest BCUT2D eigenvalue weighted by Gasteiger charge is -2.23. The lowest BCUT2D eigenvalue weighted by atomic mass is 10.3. The summed E-state index contributed by atoms with van der Waals surface area (Å²) in [5.41, 5.74) is 0. The molecule has 0 aromatic heterocycles. The monoisotopic (exact) mass is 245 g/mol. The Hall–Kier alpha value is -1.79. The predicted molar refractivity (Wildman–Crippen MR) is 61.6 cm³/mol. The fourth-order valence-corrected chi connectivity index (χ4v) is 0.970. The van der Waals surface area contributed by atoms with Crippen molar-refractivity contribution in [1.29, 1.82) is 0 Å². The Kier molecular flexibility index (Phi) is 6.01. The predicted octanol–water partition coefficient (Wildman–Crippen LogP) is -0.421. The van der Waals surface area contributed by atoms with Crippen LogP contribution in [0.4, 0.5) is 4.79 Å². The summed E-state index contributed by atoms with van der Waals surface area (Å²) in [4.78, 5) is 36.2. The molecule has 0 spiro atoms. The van der Waals surface area contributed by atoms with Gasteiger partial charge < -0.3 is 20.2 Å². The fraction of sp³-hybridized carbons (Fsp3) is 0.700. The third kappa shape index (κ3) is 5.19. The van der Waals surface area contributed by atoms with Gasteiger partial charge in [-0.2, -0.15) is 0 Å². The Morgan fingerprint density at radius 3 is 2.18 bits per heavy atom. The van der Waals surface area contributed by atoms with E-state index in [9.17, 15) is 14.4 Å². The van der Waals surface area contributed by atoms with Crippen molar-refractivity contribution in [3.63, 3.8) is 0 Å². The molecule has 0 aliphatic rings. The van der Waals surface area contributed by atoms with Crippen LogP contribution < -0.4 is 5.32 Å². The van der Waals surface area contributed by atoms with Gasteiger partial charge in [-0.25, -0.2) is 4.79 Å². The van der Waals surface area contributed by atoms with Crippen LogP contribution in [-0.2, 0) is 9.59 Å². The molecule has 0 rings (SSSR count). The van der Waals surface area contributed by atoms with Gasteiger partial charge in [0.05, 0.1) is 0 Å². The zero-order chi connectivity index (χ0) is 13.6. The zero-order valence-corrected chi connectivity index (χ0v) is 10.6. The second kappa shape index (κ2) is 6.72. The first-order chi connectivity index (χ1) is 7.79. The van der Waals surface area contributed by atoms with E-state index in [1.54, 1.807) is 21.0 Å². The summed E-state index contributed by atoms with van der Waals surface area (Å²) in [6, 6.07) is -1.54. The Balaban J connectivity index is 4.41. The Labute approximate surface area is 100 Å². The minimum atomic E-state index is -1.12. The van der Waals surface area contributed by atoms with Gasteiger partial charge in [-0.1, -0.05) is 0 Å². The number of hydrogen-bond acceptors (Lipinski definition) is 3. The molecule has 17 heavy (non-hydrogen) atoms. The molecule has 0 radical (unpaired) electrons. The molecule has 0 aromatic rings. The quantitative estimate of drug-likeness (QED) is 0.688. The van der Waals surface area contributed by atoms with Crippen molar-refractivity contribution >= 4 is 17.9 Å². The molecule has 3 amide bonds. The standard InChI is InChI=1S/C10H19N3O4/c1-5-13(6-8(14)12(3)4)10(17)11-7(2)9(15)16/h7H,5-6H2,1-4H3,(H,11,17)(H,15,16)/t7-/m1/s1. The number of amides is 3. The van der Waals surface area contributed by atoms with Gasteiger partial charge in [-0.05, 0) is 13.8 Å². The van der Waals surface area contributed by atoms with Gasteiger partial charge in [-0.15, -0.1) is 0 Å². The maximum atomic E-state index is 11.6. The van der Waals surface area contributed by atoms with Crippen LogP contribution >= 0.6 is 0 Å². The number of carboxylic acid groups (broad SMARTS) is 1. The van der Waals surface area contributed by atoms with E-state index in [2.05, 4.69) is 5.32 Å². The molecular formula is C10H19N3O4. The van der Waals surface area contributed by atoms with E-state index in [4.69, 9.17) is 5.11 Å². The van der Waals surface area contributed by atoms with Crippen LogP contribution in [0.5, 0.6) is 0 Å². The van der Waals surface area contributed by atoms with Crippen LogP contribution in [0, 0.1) is 0 Å². The van der Waals surface area contributed by atoms with Crippen LogP contribution in [0.3, 0.4) is 0 Å². The van der Waals surface area contributed by atoms with Gasteiger partial charge >= 0.3 is 12.0 Å². The average molecular weight is 245 g/mol. The third-order valence-corrected chi connectivity index (χ3v) is 2.20. The van der Waals surface area contributed by atoms with Crippen LogP contribution in [0.15, 0.2) is 0 Å². The number of nitrogens with zero attached hydrogens (tertiary/aromatic N) is 2. The van der Waals surface area contributed by atoms with E-state index in [0.29, 0.717) is 6.54 Å². The molecule has 0 aliphatic heterocycles. The van der Waals surface area contributed by atoms with Crippen molar-refractivity contribution in [2.24, 2.45) is 0 Å². The first kappa shape index (κ1) is 15.2. The van der Waals surface area contributed by atoms with Gasteiger partial charge in [-0.3, -0.25) is 9.59 Å². The van der Waals surface area contributed by atoms with E-state index in [-0.39, 0.29) is 12.5 Å². The molecule has 2 N–H and O–H groups in total. The van der Waals surface area contributed by atoms with Gasteiger partial charge in [0.1, 0.15) is 12.6 Å². The molecular weight excluding hydrogens is 226 g/mol. The number of nitrogens with one attached hydrogen (secondary N) is 1. The summed E-state index contributed by atoms with van der Waals surface area (Å²) in [6.07, 6.45) is 0. The second-order valence-corrected chi connectivity index (χ2v) is 3.81. The van der Waals surface area contributed by atoms with Crippen molar-refractivity contribution in [2.75, 3.05) is 27.2 Å². The lowest BCUT2D eigenvalue weighted by Crippen LogP contribution is -2.49. The first-order valence-electron chi connectivity index (χ1n) is 5.28. The number of carboxylic acids is 1. The topological polar surface area (TPSA) is 90.0 Å². The van der Waals surface area contributed by atoms with Gasteiger partial charge in [0.25, 0.3) is 0 Å². The smallest absolute Gasteiger partial charge is 0.325 e. The number of urea groups is 1. The van der Waals surface area contributed by atoms with E-state index < -0.39 is 18.0 Å². The van der Waals surface area contributed by atoms with E-state index in [1.807, 2.05) is 0 Å². The molecule has 0 saturated carbocycles. The first-order valence-corrected chi connectivity index (χ1v) is 5.28. The molecule has 0 unspecified atom stereocenters. The number of aliphatic carboxylic acids is 1. The average Bonchev–Trinajstić information content (AvgIpc) is 2.24. The maximum Gasteiger partial charge on any atom is 0.325 e. The molecule has 0 heterocycles. The van der Waals surface area contributed by atoms with E-state index in [0.717, 1.165) is 0 Å². The highest BCUT2D eigenvalue weighted by Gasteiger charge is 2.20. The highest BCUT2D eigenvalue weighted by Crippen LogP contribution is 1.94. The molecule has 0 saturated heterocycles. The minimum absolute atomic E-state index is 0.0678. The number of carbonyl (C=O) groups is 3. The lowest BCUT2D eigenvalue weighted by molar-refractivity contribution is -0.138. The molecule has 7 heteroatoms. The van der Waals surface area contributed by atoms with Crippen LogP contribution in [0.2, 0.25) is 0 Å². The fourth-order valence-electron chi connectivity index (χ4n) is 0.970. The Morgan fingerprint density at radius 2 is 1.82 bits per heavy atom. The van der Waals surface area contributed by atoms with Crippen LogP contribution in [0.25, 0.3) is 0 Å². The van der Waals surface area contributed by atoms with Crippen molar-refractivity contribution < 1.29 is 19.5 Å². The molecule has 0 aliphatic carbocycles. The van der Waals surface area contributed by atoms with Crippen LogP contribution in [0.1, 0.15) is 13.8 Å². The number of carbonyl (C=O) groups excluding carboxylic acids is 2. The largest absolute Gasteiger partial charge is 0.480 e. The molecule has 7 nitrogen and oxygen atoms in total. The second-order valence-electron chi connectivity index (χ2n) is 3.81. The third-order valence-electron chi connectivity index (χ3n) is 2.20. The highest BCUT2D eigenvalue weighted by molar-refractivity contribution is 5.86. The summed E-state index contributed by atoms with van der Waals surface area (Å²) >= 11 is 0. The molecule has 0 bridgehead atoms. The van der Waals surface area contributed by atoms with Crippen molar-refractivity contribution in [3.05, 3.63) is 0 Å². The normalized spacial score (nSPS) is 11.5. The summed E-state index contributed by atoms with van der Waals surface area (Å²) in [5.74, 6) is -1.33. The molecule has 0 fully saturated rings. The maximum absolute atomic E-state index is 11.6. The molecule has 1 atom stereocenters. The van der Waals surface area contributed by atoms with Gasteiger partial charge in [0.2, 0.25) is 5.91 Å². The number of hydrogen-bond donors (Lipinski definition) is 2. The van der Waals surface area contributed by atoms with Crippen molar-refractivity contribution in [1.82, 2.24) is 15.1 Å². The number of likely N-dealkylation sites (N-methyl/N-ethyl adjacent to an activating group) is 2. The van der Waals surface area contributed by atoms with E-state index in [1.165, 1.54) is 16.7 Å². The van der Waals surface area contributed by atoms with Gasteiger partial charge in [0.15, 0.2) is 0 Å². The summed E-state index contributed by atoms with van der Waals surface area (Å²) in [7, 11) is 3.18. The SMILES string of the molecule is CCN(CC(=O)N(C)C)C(=O)N[C@H](C)C(=O)O. The zero-order valence-electron chi connectivity index (χ0n) is 10.6. The van der Waals surface area contributed by atoms with Crippen LogP contribution in [-0.4, -0.2) is 66.0 Å². The highest BCUT2D eigenvalue weighted by atomic mass is 16.4. The minimum Gasteiger partial charge on any atom is -0.480 e. The molecule has 0 aromatic carbocycles. The Bertz CT molecular complexity index is 304. The summed E-state index contributed by atoms with van der Waals surface area (Å²) in [6.45, 7) is 3.34.